The van der Waals surface area contributed by atoms with Crippen molar-refractivity contribution in [3.8, 4) is 0 Å². The van der Waals surface area contributed by atoms with Crippen LogP contribution in [0.3, 0.4) is 0 Å². The average molecular weight is 314 g/mol. The predicted octanol–water partition coefficient (Wildman–Crippen LogP) is 6.11. The van der Waals surface area contributed by atoms with Crippen LogP contribution in [0.4, 0.5) is 0 Å². The molecule has 0 saturated heterocycles. The predicted molar refractivity (Wildman–Crippen MR) is 101 cm³/mol. The standard InChI is InChI=1S/C18H38.CH5N3/c1-3-5-7-9-11-13-15-17-18-16-14-12-10-8-6-4-2;2-1(3)4/h3-18H2,1-2H3;(H5,2,3,4). The number of hydrogen-bond acceptors (Lipinski definition) is 1. The summed E-state index contributed by atoms with van der Waals surface area (Å²) in [7, 11) is 0. The minimum Gasteiger partial charge on any atom is -0.370 e. The number of rotatable bonds is 15. The summed E-state index contributed by atoms with van der Waals surface area (Å²) in [6, 6.07) is 0. The van der Waals surface area contributed by atoms with Gasteiger partial charge in [0.05, 0.1) is 0 Å². The zero-order chi connectivity index (χ0) is 16.9. The van der Waals surface area contributed by atoms with Gasteiger partial charge in [0.2, 0.25) is 0 Å². The van der Waals surface area contributed by atoms with Gasteiger partial charge in [0, 0.05) is 0 Å². The van der Waals surface area contributed by atoms with Crippen LogP contribution in [0.5, 0.6) is 0 Å². The minimum absolute atomic E-state index is 0.333. The van der Waals surface area contributed by atoms with E-state index >= 15 is 0 Å². The Morgan fingerprint density at radius 1 is 0.500 bits per heavy atom. The van der Waals surface area contributed by atoms with E-state index in [1.807, 2.05) is 0 Å². The van der Waals surface area contributed by atoms with E-state index in [-0.39, 0.29) is 5.96 Å². The van der Waals surface area contributed by atoms with Crippen LogP contribution in [0.1, 0.15) is 117 Å². The molecule has 0 aromatic heterocycles. The van der Waals surface area contributed by atoms with Crippen molar-refractivity contribution in [2.45, 2.75) is 117 Å². The molecule has 0 amide bonds. The van der Waals surface area contributed by atoms with Crippen LogP contribution in [0.15, 0.2) is 0 Å². The smallest absolute Gasteiger partial charge is 0.183 e. The molecule has 0 heterocycles. The lowest BCUT2D eigenvalue weighted by atomic mass is 10.0. The van der Waals surface area contributed by atoms with Crippen molar-refractivity contribution in [2.24, 2.45) is 11.5 Å². The van der Waals surface area contributed by atoms with E-state index in [0.29, 0.717) is 0 Å². The fourth-order valence-electron chi connectivity index (χ4n) is 2.62. The first-order valence-electron chi connectivity index (χ1n) is 9.74. The Labute approximate surface area is 140 Å². The molecule has 0 aliphatic carbocycles. The summed E-state index contributed by atoms with van der Waals surface area (Å²) in [5.41, 5.74) is 8.94. The number of nitrogens with one attached hydrogen (secondary N) is 1. The van der Waals surface area contributed by atoms with E-state index < -0.39 is 0 Å². The summed E-state index contributed by atoms with van der Waals surface area (Å²) in [5, 5.41) is 6.06. The highest BCUT2D eigenvalue weighted by Gasteiger charge is 1.93. The molecule has 3 nitrogen and oxygen atoms in total. The molecule has 0 aliphatic heterocycles. The third-order valence-electron chi connectivity index (χ3n) is 3.96. The molecule has 0 bridgehead atoms. The summed E-state index contributed by atoms with van der Waals surface area (Å²) in [4.78, 5) is 0. The quantitative estimate of drug-likeness (QED) is 0.194. The van der Waals surface area contributed by atoms with Crippen LogP contribution in [0.25, 0.3) is 0 Å². The van der Waals surface area contributed by atoms with Gasteiger partial charge in [-0.1, -0.05) is 117 Å². The molecule has 0 radical (unpaired) electrons. The fraction of sp³-hybridized carbons (Fsp3) is 0.947. The second-order valence-electron chi connectivity index (χ2n) is 6.41. The topological polar surface area (TPSA) is 75.9 Å². The average Bonchev–Trinajstić information content (AvgIpc) is 2.47. The second-order valence-corrected chi connectivity index (χ2v) is 6.41. The second kappa shape index (κ2) is 22.5. The lowest BCUT2D eigenvalue weighted by molar-refractivity contribution is 0.531. The van der Waals surface area contributed by atoms with Gasteiger partial charge in [0.15, 0.2) is 5.96 Å². The Hall–Kier alpha value is -0.730. The lowest BCUT2D eigenvalue weighted by Gasteiger charge is -2.03. The van der Waals surface area contributed by atoms with Crippen LogP contribution < -0.4 is 11.5 Å². The molecule has 5 N–H and O–H groups in total. The van der Waals surface area contributed by atoms with E-state index in [1.54, 1.807) is 0 Å². The van der Waals surface area contributed by atoms with Crippen molar-refractivity contribution in [1.29, 1.82) is 5.41 Å². The first-order valence-corrected chi connectivity index (χ1v) is 9.74. The molecule has 0 aromatic carbocycles. The molecule has 0 spiro atoms. The van der Waals surface area contributed by atoms with Crippen molar-refractivity contribution >= 4 is 5.96 Å². The Bertz CT molecular complexity index is 185. The first-order chi connectivity index (χ1) is 10.6. The van der Waals surface area contributed by atoms with Gasteiger partial charge in [0.25, 0.3) is 0 Å². The van der Waals surface area contributed by atoms with Gasteiger partial charge < -0.3 is 11.5 Å². The Morgan fingerprint density at radius 2 is 0.636 bits per heavy atom. The van der Waals surface area contributed by atoms with Crippen molar-refractivity contribution < 1.29 is 0 Å². The molecule has 0 atom stereocenters. The van der Waals surface area contributed by atoms with Gasteiger partial charge in [-0.05, 0) is 0 Å². The number of nitrogens with two attached hydrogens (primary N) is 2. The molecule has 3 heteroatoms. The number of guanidine groups is 1. The largest absolute Gasteiger partial charge is 0.370 e. The molecular formula is C19H43N3. The molecule has 0 saturated carbocycles. The van der Waals surface area contributed by atoms with Gasteiger partial charge in [-0.2, -0.15) is 0 Å². The normalized spacial score (nSPS) is 10.1. The molecule has 134 valence electrons. The van der Waals surface area contributed by atoms with Crippen LogP contribution in [-0.2, 0) is 0 Å². The van der Waals surface area contributed by atoms with E-state index in [0.717, 1.165) is 0 Å². The van der Waals surface area contributed by atoms with Crippen LogP contribution >= 0.6 is 0 Å². The summed E-state index contributed by atoms with van der Waals surface area (Å²) < 4.78 is 0. The summed E-state index contributed by atoms with van der Waals surface area (Å²) in [6.45, 7) is 4.59. The highest BCUT2D eigenvalue weighted by atomic mass is 14.9. The Kier molecular flexibility index (Phi) is 24.1. The van der Waals surface area contributed by atoms with E-state index in [1.165, 1.54) is 103 Å². The highest BCUT2D eigenvalue weighted by molar-refractivity contribution is 5.71. The van der Waals surface area contributed by atoms with Crippen molar-refractivity contribution in [1.82, 2.24) is 0 Å². The summed E-state index contributed by atoms with van der Waals surface area (Å²) >= 11 is 0. The summed E-state index contributed by atoms with van der Waals surface area (Å²) in [5.74, 6) is -0.333. The van der Waals surface area contributed by atoms with E-state index in [2.05, 4.69) is 25.3 Å². The van der Waals surface area contributed by atoms with Crippen LogP contribution in [0, 0.1) is 5.41 Å². The van der Waals surface area contributed by atoms with Crippen molar-refractivity contribution in [2.75, 3.05) is 0 Å². The molecule has 0 rings (SSSR count). The number of unbranched alkanes of at least 4 members (excludes halogenated alkanes) is 15. The SMILES string of the molecule is CCCCCCCCCCCCCCCCCC.N=C(N)N. The molecule has 22 heavy (non-hydrogen) atoms. The van der Waals surface area contributed by atoms with Crippen molar-refractivity contribution in [3.63, 3.8) is 0 Å². The van der Waals surface area contributed by atoms with Gasteiger partial charge in [-0.3, -0.25) is 5.41 Å². The van der Waals surface area contributed by atoms with Crippen LogP contribution in [-0.4, -0.2) is 5.96 Å². The van der Waals surface area contributed by atoms with Crippen molar-refractivity contribution in [3.05, 3.63) is 0 Å². The Balaban J connectivity index is 0. The fourth-order valence-corrected chi connectivity index (χ4v) is 2.62. The van der Waals surface area contributed by atoms with E-state index in [4.69, 9.17) is 5.41 Å². The minimum atomic E-state index is -0.333. The monoisotopic (exact) mass is 313 g/mol. The van der Waals surface area contributed by atoms with Gasteiger partial charge in [-0.25, -0.2) is 0 Å². The van der Waals surface area contributed by atoms with Gasteiger partial charge in [-0.15, -0.1) is 0 Å². The van der Waals surface area contributed by atoms with E-state index in [9.17, 15) is 0 Å². The van der Waals surface area contributed by atoms with Gasteiger partial charge in [0.1, 0.15) is 0 Å². The molecular weight excluding hydrogens is 270 g/mol. The van der Waals surface area contributed by atoms with Crippen LogP contribution in [0.2, 0.25) is 0 Å². The maximum absolute atomic E-state index is 6.06. The lowest BCUT2D eigenvalue weighted by Crippen LogP contribution is -2.20. The zero-order valence-corrected chi connectivity index (χ0v) is 15.5. The molecule has 0 aromatic rings. The van der Waals surface area contributed by atoms with Gasteiger partial charge >= 0.3 is 0 Å². The zero-order valence-electron chi connectivity index (χ0n) is 15.5. The maximum atomic E-state index is 6.06. The molecule has 0 fully saturated rings. The molecule has 0 aliphatic rings. The maximum Gasteiger partial charge on any atom is 0.183 e. The number of hydrogen-bond donors (Lipinski definition) is 3. The molecule has 0 unspecified atom stereocenters. The third-order valence-corrected chi connectivity index (χ3v) is 3.96. The third kappa shape index (κ3) is 31.6. The Morgan fingerprint density at radius 3 is 0.773 bits per heavy atom. The highest BCUT2D eigenvalue weighted by Crippen LogP contribution is 2.13. The first kappa shape index (κ1) is 23.5. The summed E-state index contributed by atoms with van der Waals surface area (Å²) in [6.07, 6.45) is 23.4.